The fourth-order valence-corrected chi connectivity index (χ4v) is 5.84. The smallest absolute Gasteiger partial charge is 0.0646 e. The van der Waals surface area contributed by atoms with Crippen molar-refractivity contribution in [3.8, 4) is 0 Å². The Morgan fingerprint density at radius 2 is 1.44 bits per heavy atom. The zero-order chi connectivity index (χ0) is 18.2. The number of hydrogen-bond donors (Lipinski definition) is 0. The van der Waals surface area contributed by atoms with Crippen molar-refractivity contribution in [3.05, 3.63) is 115 Å². The number of fused-ring (bicyclic) bond motifs is 8. The Hall–Kier alpha value is -2.16. The fourth-order valence-electron chi connectivity index (χ4n) is 4.77. The standard InChI is InChI=1S/C25H14Br2/c26-17-7-8-19-16(12-17)14-23-21(19)9-10-24(27)25(23)11-3-6-20-18-5-2-1-4-15(18)13-22(20)25/h1-14H. The first-order chi connectivity index (χ1) is 13.2. The summed E-state index contributed by atoms with van der Waals surface area (Å²) in [5, 5.41) is 0. The predicted molar refractivity (Wildman–Crippen MR) is 121 cm³/mol. The van der Waals surface area contributed by atoms with Crippen LogP contribution in [0, 0.1) is 5.41 Å². The Morgan fingerprint density at radius 1 is 0.704 bits per heavy atom. The molecule has 4 aliphatic carbocycles. The Balaban J connectivity index is 1.62. The lowest BCUT2D eigenvalue weighted by Gasteiger charge is -2.39. The van der Waals surface area contributed by atoms with Crippen LogP contribution in [0.15, 0.2) is 92.9 Å². The summed E-state index contributed by atoms with van der Waals surface area (Å²) in [5.74, 6) is 0. The van der Waals surface area contributed by atoms with Crippen LogP contribution >= 0.6 is 31.9 Å². The second kappa shape index (κ2) is 5.43. The van der Waals surface area contributed by atoms with E-state index in [4.69, 9.17) is 0 Å². The second-order valence-electron chi connectivity index (χ2n) is 7.28. The van der Waals surface area contributed by atoms with Gasteiger partial charge in [0.25, 0.3) is 0 Å². The average molecular weight is 474 g/mol. The Kier molecular flexibility index (Phi) is 3.19. The molecule has 2 aromatic carbocycles. The first kappa shape index (κ1) is 15.9. The minimum absolute atomic E-state index is 0.265. The summed E-state index contributed by atoms with van der Waals surface area (Å²) in [6.07, 6.45) is 16.0. The molecule has 0 saturated heterocycles. The third-order valence-electron chi connectivity index (χ3n) is 5.97. The molecule has 0 aliphatic heterocycles. The number of allylic oxidation sites excluding steroid dienone is 10. The average Bonchev–Trinajstić information content (AvgIpc) is 3.24. The van der Waals surface area contributed by atoms with E-state index in [1.54, 1.807) is 0 Å². The summed E-state index contributed by atoms with van der Waals surface area (Å²) in [4.78, 5) is 0. The van der Waals surface area contributed by atoms with E-state index in [9.17, 15) is 0 Å². The quantitative estimate of drug-likeness (QED) is 0.370. The fraction of sp³-hybridized carbons (Fsp3) is 0.0400. The van der Waals surface area contributed by atoms with Gasteiger partial charge in [0.1, 0.15) is 0 Å². The van der Waals surface area contributed by atoms with E-state index in [-0.39, 0.29) is 5.41 Å². The highest BCUT2D eigenvalue weighted by Gasteiger charge is 2.47. The highest BCUT2D eigenvalue weighted by atomic mass is 79.9. The first-order valence-electron chi connectivity index (χ1n) is 9.00. The zero-order valence-electron chi connectivity index (χ0n) is 14.3. The van der Waals surface area contributed by atoms with Gasteiger partial charge in [0, 0.05) is 8.96 Å². The van der Waals surface area contributed by atoms with Crippen LogP contribution < -0.4 is 0 Å². The summed E-state index contributed by atoms with van der Waals surface area (Å²) < 4.78 is 2.31. The van der Waals surface area contributed by atoms with Gasteiger partial charge in [0.15, 0.2) is 0 Å². The third-order valence-corrected chi connectivity index (χ3v) is 7.35. The van der Waals surface area contributed by atoms with Gasteiger partial charge in [-0.25, -0.2) is 0 Å². The Morgan fingerprint density at radius 3 is 2.33 bits per heavy atom. The minimum atomic E-state index is -0.265. The largest absolute Gasteiger partial charge is 0.0713 e. The third kappa shape index (κ3) is 1.98. The van der Waals surface area contributed by atoms with Gasteiger partial charge in [-0.1, -0.05) is 86.5 Å². The molecule has 1 spiro atoms. The lowest BCUT2D eigenvalue weighted by molar-refractivity contribution is 0.743. The molecule has 0 aromatic heterocycles. The first-order valence-corrected chi connectivity index (χ1v) is 10.6. The van der Waals surface area contributed by atoms with Crippen molar-refractivity contribution in [1.29, 1.82) is 0 Å². The SMILES string of the molecule is BrC1=CC=C2C(=Cc3cc(Br)ccc32)C12C=CC=C1C2=Cc2ccccc21. The lowest BCUT2D eigenvalue weighted by Crippen LogP contribution is -2.27. The highest BCUT2D eigenvalue weighted by molar-refractivity contribution is 9.11. The van der Waals surface area contributed by atoms with Gasteiger partial charge in [-0.05, 0) is 74.9 Å². The molecule has 0 heterocycles. The summed E-state index contributed by atoms with van der Waals surface area (Å²) in [6, 6.07) is 15.2. The predicted octanol–water partition coefficient (Wildman–Crippen LogP) is 7.56. The monoisotopic (exact) mass is 472 g/mol. The van der Waals surface area contributed by atoms with Crippen LogP contribution in [0.5, 0.6) is 0 Å². The Labute approximate surface area is 175 Å². The molecule has 27 heavy (non-hydrogen) atoms. The van der Waals surface area contributed by atoms with E-state index in [1.165, 1.54) is 49.0 Å². The maximum Gasteiger partial charge on any atom is 0.0713 e. The van der Waals surface area contributed by atoms with Crippen LogP contribution in [0.25, 0.3) is 23.3 Å². The summed E-state index contributed by atoms with van der Waals surface area (Å²) in [5.41, 5.74) is 10.3. The van der Waals surface area contributed by atoms with Crippen LogP contribution in [0.1, 0.15) is 22.3 Å². The molecule has 1 unspecified atom stereocenters. The van der Waals surface area contributed by atoms with Crippen LogP contribution in [0.2, 0.25) is 0 Å². The number of benzene rings is 2. The van der Waals surface area contributed by atoms with Crippen molar-refractivity contribution in [1.82, 2.24) is 0 Å². The van der Waals surface area contributed by atoms with Gasteiger partial charge in [-0.15, -0.1) is 0 Å². The van der Waals surface area contributed by atoms with Crippen molar-refractivity contribution in [3.63, 3.8) is 0 Å². The van der Waals surface area contributed by atoms with Gasteiger partial charge in [-0.2, -0.15) is 0 Å². The molecule has 4 aliphatic rings. The van der Waals surface area contributed by atoms with Crippen molar-refractivity contribution in [2.75, 3.05) is 0 Å². The molecule has 128 valence electrons. The van der Waals surface area contributed by atoms with E-state index in [0.717, 1.165) is 4.47 Å². The molecule has 0 N–H and O–H groups in total. The molecule has 0 bridgehead atoms. The number of hydrogen-bond acceptors (Lipinski definition) is 0. The highest BCUT2D eigenvalue weighted by Crippen LogP contribution is 2.62. The van der Waals surface area contributed by atoms with Crippen molar-refractivity contribution in [2.24, 2.45) is 5.41 Å². The van der Waals surface area contributed by atoms with Gasteiger partial charge in [-0.3, -0.25) is 0 Å². The number of rotatable bonds is 0. The van der Waals surface area contributed by atoms with Crippen LogP contribution in [-0.2, 0) is 0 Å². The molecular weight excluding hydrogens is 460 g/mol. The topological polar surface area (TPSA) is 0 Å². The Bertz CT molecular complexity index is 1230. The van der Waals surface area contributed by atoms with E-state index >= 15 is 0 Å². The van der Waals surface area contributed by atoms with E-state index in [0.29, 0.717) is 0 Å². The molecule has 2 aromatic rings. The minimum Gasteiger partial charge on any atom is -0.0646 e. The van der Waals surface area contributed by atoms with E-state index < -0.39 is 0 Å². The van der Waals surface area contributed by atoms with Crippen molar-refractivity contribution >= 4 is 55.2 Å². The summed E-state index contributed by atoms with van der Waals surface area (Å²) in [7, 11) is 0. The normalized spacial score (nSPS) is 23.6. The molecule has 0 saturated carbocycles. The van der Waals surface area contributed by atoms with Gasteiger partial charge < -0.3 is 0 Å². The second-order valence-corrected chi connectivity index (χ2v) is 9.05. The zero-order valence-corrected chi connectivity index (χ0v) is 17.5. The van der Waals surface area contributed by atoms with Crippen molar-refractivity contribution in [2.45, 2.75) is 0 Å². The molecule has 0 amide bonds. The molecule has 6 rings (SSSR count). The molecule has 0 radical (unpaired) electrons. The molecule has 0 fully saturated rings. The maximum atomic E-state index is 3.93. The lowest BCUT2D eigenvalue weighted by atomic mass is 9.65. The van der Waals surface area contributed by atoms with Crippen LogP contribution in [-0.4, -0.2) is 0 Å². The summed E-state index contributed by atoms with van der Waals surface area (Å²) in [6.45, 7) is 0. The molecular formula is C25H14Br2. The molecule has 2 heteroatoms. The van der Waals surface area contributed by atoms with Crippen molar-refractivity contribution < 1.29 is 0 Å². The van der Waals surface area contributed by atoms with Gasteiger partial charge in [0.2, 0.25) is 0 Å². The van der Waals surface area contributed by atoms with Gasteiger partial charge >= 0.3 is 0 Å². The molecule has 1 atom stereocenters. The summed E-state index contributed by atoms with van der Waals surface area (Å²) >= 11 is 7.55. The number of halogens is 2. The van der Waals surface area contributed by atoms with Crippen LogP contribution in [0.3, 0.4) is 0 Å². The van der Waals surface area contributed by atoms with Crippen LogP contribution in [0.4, 0.5) is 0 Å². The van der Waals surface area contributed by atoms with Gasteiger partial charge in [0.05, 0.1) is 5.41 Å². The van der Waals surface area contributed by atoms with E-state index in [1.807, 2.05) is 0 Å². The van der Waals surface area contributed by atoms with E-state index in [2.05, 4.69) is 117 Å². The molecule has 0 nitrogen and oxygen atoms in total. The maximum absolute atomic E-state index is 3.93.